The summed E-state index contributed by atoms with van der Waals surface area (Å²) in [5, 5.41) is 15.5. The Kier molecular flexibility index (Phi) is 2.73. The molecular weight excluding hydrogens is 190 g/mol. The van der Waals surface area contributed by atoms with Crippen LogP contribution in [0.25, 0.3) is 0 Å². The number of nitrogens with zero attached hydrogens (tertiary/aromatic N) is 4. The van der Waals surface area contributed by atoms with Crippen molar-refractivity contribution >= 4 is 0 Å². The summed E-state index contributed by atoms with van der Waals surface area (Å²) in [7, 11) is 0. The Hall–Kier alpha value is -0.970. The molecule has 0 radical (unpaired) electrons. The van der Waals surface area contributed by atoms with Gasteiger partial charge in [-0.2, -0.15) is 0 Å². The summed E-state index contributed by atoms with van der Waals surface area (Å²) in [6.45, 7) is 8.50. The first-order chi connectivity index (χ1) is 7.09. The zero-order chi connectivity index (χ0) is 10.9. The fraction of sp³-hybridized carbons (Fsp3) is 0.900. The minimum atomic E-state index is -0.0315. The van der Waals surface area contributed by atoms with E-state index in [0.29, 0.717) is 5.92 Å². The molecule has 5 nitrogen and oxygen atoms in total. The molecule has 1 N–H and O–H groups in total. The zero-order valence-electron chi connectivity index (χ0n) is 9.69. The first kappa shape index (κ1) is 10.5. The second kappa shape index (κ2) is 3.89. The molecule has 2 heterocycles. The van der Waals surface area contributed by atoms with E-state index < -0.39 is 0 Å². The lowest BCUT2D eigenvalue weighted by atomic mass is 9.97. The predicted octanol–water partition coefficient (Wildman–Crippen LogP) is 0.895. The maximum atomic E-state index is 4.17. The fourth-order valence-corrected chi connectivity index (χ4v) is 2.00. The average molecular weight is 209 g/mol. The smallest absolute Gasteiger partial charge is 0.156 e. The van der Waals surface area contributed by atoms with Crippen LogP contribution in [0.2, 0.25) is 0 Å². The van der Waals surface area contributed by atoms with Crippen LogP contribution in [0.15, 0.2) is 0 Å². The Morgan fingerprint density at radius 3 is 2.80 bits per heavy atom. The van der Waals surface area contributed by atoms with Crippen LogP contribution in [0.3, 0.4) is 0 Å². The van der Waals surface area contributed by atoms with Gasteiger partial charge in [-0.05, 0) is 50.6 Å². The molecule has 1 unspecified atom stereocenters. The molecule has 1 aliphatic heterocycles. The lowest BCUT2D eigenvalue weighted by Crippen LogP contribution is -2.33. The molecule has 0 aromatic carbocycles. The summed E-state index contributed by atoms with van der Waals surface area (Å²) < 4.78 is 1.95. The molecule has 0 spiro atoms. The number of piperidine rings is 1. The monoisotopic (exact) mass is 209 g/mol. The Morgan fingerprint density at radius 1 is 1.40 bits per heavy atom. The van der Waals surface area contributed by atoms with Crippen LogP contribution in [-0.4, -0.2) is 33.3 Å². The topological polar surface area (TPSA) is 55.6 Å². The Labute approximate surface area is 90.2 Å². The second-order valence-electron chi connectivity index (χ2n) is 5.16. The molecule has 5 heteroatoms. The van der Waals surface area contributed by atoms with Crippen molar-refractivity contribution in [2.45, 2.75) is 45.1 Å². The Morgan fingerprint density at radius 2 is 2.20 bits per heavy atom. The molecule has 1 fully saturated rings. The van der Waals surface area contributed by atoms with Gasteiger partial charge in [0.2, 0.25) is 0 Å². The number of tetrazole rings is 1. The summed E-state index contributed by atoms with van der Waals surface area (Å²) in [5.41, 5.74) is -0.0315. The maximum absolute atomic E-state index is 4.17. The molecule has 0 saturated carbocycles. The molecule has 0 amide bonds. The molecule has 1 atom stereocenters. The summed E-state index contributed by atoms with van der Waals surface area (Å²) in [6, 6.07) is 0. The van der Waals surface area contributed by atoms with E-state index in [1.54, 1.807) is 0 Å². The van der Waals surface area contributed by atoms with E-state index in [2.05, 4.69) is 41.6 Å². The molecular formula is C10H19N5. The minimum absolute atomic E-state index is 0.0315. The van der Waals surface area contributed by atoms with E-state index in [1.165, 1.54) is 12.8 Å². The van der Waals surface area contributed by atoms with Gasteiger partial charge >= 0.3 is 0 Å². The van der Waals surface area contributed by atoms with Gasteiger partial charge < -0.3 is 5.32 Å². The standard InChI is InChI=1S/C10H19N5/c1-10(2,3)15-9(12-13-14-15)8-5-4-6-11-7-8/h8,11H,4-7H2,1-3H3. The highest BCUT2D eigenvalue weighted by Gasteiger charge is 2.26. The van der Waals surface area contributed by atoms with Gasteiger partial charge in [-0.15, -0.1) is 5.10 Å². The van der Waals surface area contributed by atoms with Crippen molar-refractivity contribution in [2.24, 2.45) is 0 Å². The molecule has 1 aliphatic rings. The number of hydrogen-bond donors (Lipinski definition) is 1. The van der Waals surface area contributed by atoms with Crippen molar-refractivity contribution in [3.8, 4) is 0 Å². The van der Waals surface area contributed by atoms with Gasteiger partial charge in [-0.3, -0.25) is 0 Å². The van der Waals surface area contributed by atoms with E-state index in [9.17, 15) is 0 Å². The van der Waals surface area contributed by atoms with Crippen LogP contribution >= 0.6 is 0 Å². The normalized spacial score (nSPS) is 23.0. The SMILES string of the molecule is CC(C)(C)n1nnnc1C1CCCNC1. The number of rotatable bonds is 1. The van der Waals surface area contributed by atoms with Gasteiger partial charge in [0.1, 0.15) is 0 Å². The van der Waals surface area contributed by atoms with E-state index in [4.69, 9.17) is 0 Å². The maximum Gasteiger partial charge on any atom is 0.156 e. The van der Waals surface area contributed by atoms with Gasteiger partial charge in [-0.1, -0.05) is 0 Å². The van der Waals surface area contributed by atoms with Crippen LogP contribution in [0.5, 0.6) is 0 Å². The predicted molar refractivity (Wildman–Crippen MR) is 57.7 cm³/mol. The third-order valence-corrected chi connectivity index (χ3v) is 2.79. The Balaban J connectivity index is 2.24. The lowest BCUT2D eigenvalue weighted by Gasteiger charge is -2.26. The number of aromatic nitrogens is 4. The number of hydrogen-bond acceptors (Lipinski definition) is 4. The van der Waals surface area contributed by atoms with E-state index in [1.807, 2.05) is 4.68 Å². The van der Waals surface area contributed by atoms with Crippen molar-refractivity contribution in [3.05, 3.63) is 5.82 Å². The average Bonchev–Trinajstić information content (AvgIpc) is 2.67. The highest BCUT2D eigenvalue weighted by Crippen LogP contribution is 2.24. The lowest BCUT2D eigenvalue weighted by molar-refractivity contribution is 0.315. The summed E-state index contributed by atoms with van der Waals surface area (Å²) >= 11 is 0. The van der Waals surface area contributed by atoms with E-state index in [0.717, 1.165) is 18.9 Å². The van der Waals surface area contributed by atoms with Crippen molar-refractivity contribution in [1.29, 1.82) is 0 Å². The quantitative estimate of drug-likeness (QED) is 0.746. The summed E-state index contributed by atoms with van der Waals surface area (Å²) in [4.78, 5) is 0. The summed E-state index contributed by atoms with van der Waals surface area (Å²) in [5.74, 6) is 1.49. The van der Waals surface area contributed by atoms with Gasteiger partial charge in [0, 0.05) is 12.5 Å². The Bertz CT molecular complexity index is 319. The molecule has 1 aromatic heterocycles. The van der Waals surface area contributed by atoms with Gasteiger partial charge in [0.25, 0.3) is 0 Å². The third-order valence-electron chi connectivity index (χ3n) is 2.79. The highest BCUT2D eigenvalue weighted by atomic mass is 15.6. The van der Waals surface area contributed by atoms with Crippen molar-refractivity contribution < 1.29 is 0 Å². The number of nitrogens with one attached hydrogen (secondary N) is 1. The third kappa shape index (κ3) is 2.17. The van der Waals surface area contributed by atoms with Crippen LogP contribution in [0, 0.1) is 0 Å². The van der Waals surface area contributed by atoms with Gasteiger partial charge in [0.15, 0.2) is 5.82 Å². The van der Waals surface area contributed by atoms with E-state index >= 15 is 0 Å². The molecule has 2 rings (SSSR count). The first-order valence-corrected chi connectivity index (χ1v) is 5.58. The molecule has 1 aromatic rings. The minimum Gasteiger partial charge on any atom is -0.316 e. The van der Waals surface area contributed by atoms with Crippen molar-refractivity contribution in [1.82, 2.24) is 25.5 Å². The molecule has 0 bridgehead atoms. The largest absolute Gasteiger partial charge is 0.316 e. The van der Waals surface area contributed by atoms with Crippen LogP contribution in [0.4, 0.5) is 0 Å². The van der Waals surface area contributed by atoms with Crippen LogP contribution in [0.1, 0.15) is 45.4 Å². The second-order valence-corrected chi connectivity index (χ2v) is 5.16. The summed E-state index contributed by atoms with van der Waals surface area (Å²) in [6.07, 6.45) is 2.39. The molecule has 1 saturated heterocycles. The fourth-order valence-electron chi connectivity index (χ4n) is 2.00. The van der Waals surface area contributed by atoms with Crippen molar-refractivity contribution in [2.75, 3.05) is 13.1 Å². The zero-order valence-corrected chi connectivity index (χ0v) is 9.69. The van der Waals surface area contributed by atoms with Gasteiger partial charge in [-0.25, -0.2) is 4.68 Å². The first-order valence-electron chi connectivity index (χ1n) is 5.58. The van der Waals surface area contributed by atoms with Gasteiger partial charge in [0.05, 0.1) is 5.54 Å². The van der Waals surface area contributed by atoms with E-state index in [-0.39, 0.29) is 5.54 Å². The highest BCUT2D eigenvalue weighted by molar-refractivity contribution is 4.99. The molecule has 84 valence electrons. The van der Waals surface area contributed by atoms with Crippen LogP contribution < -0.4 is 5.32 Å². The van der Waals surface area contributed by atoms with Crippen molar-refractivity contribution in [3.63, 3.8) is 0 Å². The van der Waals surface area contributed by atoms with Crippen LogP contribution in [-0.2, 0) is 5.54 Å². The molecule has 15 heavy (non-hydrogen) atoms. The molecule has 0 aliphatic carbocycles.